The summed E-state index contributed by atoms with van der Waals surface area (Å²) in [4.78, 5) is 26.5. The molecule has 8 heteroatoms. The van der Waals surface area contributed by atoms with Gasteiger partial charge in [-0.2, -0.15) is 0 Å². The summed E-state index contributed by atoms with van der Waals surface area (Å²) in [6.07, 6.45) is 2.01. The number of hydrogen-bond acceptors (Lipinski definition) is 6. The molecule has 138 valence electrons. The average Bonchev–Trinajstić information content (AvgIpc) is 2.92. The SMILES string of the molecule is CCCC[C@]1(n2cc(C#CCCO)c(=O)[nH]c2=O)C[C@H](O)[C@@H](CO)O1. The van der Waals surface area contributed by atoms with Crippen LogP contribution < -0.4 is 11.2 Å². The fourth-order valence-electron chi connectivity index (χ4n) is 2.99. The van der Waals surface area contributed by atoms with E-state index in [2.05, 4.69) is 16.8 Å². The van der Waals surface area contributed by atoms with Crippen molar-refractivity contribution in [1.82, 2.24) is 9.55 Å². The molecule has 0 unspecified atom stereocenters. The zero-order valence-corrected chi connectivity index (χ0v) is 14.2. The van der Waals surface area contributed by atoms with E-state index >= 15 is 0 Å². The smallest absolute Gasteiger partial charge is 0.330 e. The minimum absolute atomic E-state index is 0.0782. The summed E-state index contributed by atoms with van der Waals surface area (Å²) < 4.78 is 7.11. The molecule has 0 radical (unpaired) electrons. The van der Waals surface area contributed by atoms with E-state index < -0.39 is 29.2 Å². The van der Waals surface area contributed by atoms with Crippen LogP contribution in [0.4, 0.5) is 0 Å². The van der Waals surface area contributed by atoms with E-state index in [0.717, 1.165) is 12.8 Å². The second kappa shape index (κ2) is 8.45. The molecule has 1 saturated heterocycles. The molecule has 2 heterocycles. The van der Waals surface area contributed by atoms with Crippen molar-refractivity contribution in [2.24, 2.45) is 0 Å². The average molecular weight is 352 g/mol. The van der Waals surface area contributed by atoms with E-state index in [1.165, 1.54) is 10.8 Å². The number of rotatable bonds is 6. The monoisotopic (exact) mass is 352 g/mol. The second-order valence-electron chi connectivity index (χ2n) is 6.11. The number of hydrogen-bond donors (Lipinski definition) is 4. The molecule has 0 aromatic carbocycles. The molecule has 1 aromatic heterocycles. The van der Waals surface area contributed by atoms with Gasteiger partial charge in [-0.15, -0.1) is 0 Å². The van der Waals surface area contributed by atoms with Crippen molar-refractivity contribution < 1.29 is 20.1 Å². The van der Waals surface area contributed by atoms with Gasteiger partial charge in [0.05, 0.1) is 19.3 Å². The van der Waals surface area contributed by atoms with Crippen molar-refractivity contribution in [2.75, 3.05) is 13.2 Å². The Hall–Kier alpha value is -1.92. The number of unbranched alkanes of at least 4 members (excludes halogenated alkanes) is 1. The molecular weight excluding hydrogens is 328 g/mol. The van der Waals surface area contributed by atoms with Crippen LogP contribution in [0.5, 0.6) is 0 Å². The minimum Gasteiger partial charge on any atom is -0.395 e. The quantitative estimate of drug-likeness (QED) is 0.500. The maximum Gasteiger partial charge on any atom is 0.330 e. The van der Waals surface area contributed by atoms with Crippen LogP contribution in [0.15, 0.2) is 15.8 Å². The number of aliphatic hydroxyl groups is 3. The van der Waals surface area contributed by atoms with Crippen LogP contribution in [-0.4, -0.2) is 50.3 Å². The third-order valence-electron chi connectivity index (χ3n) is 4.27. The van der Waals surface area contributed by atoms with Crippen LogP contribution >= 0.6 is 0 Å². The predicted octanol–water partition coefficient (Wildman–Crippen LogP) is -0.744. The standard InChI is InChI=1S/C17H24N2O6/c1-2-3-7-17(9-13(22)14(11-21)25-17)19-10-12(6-4-5-8-20)15(23)18-16(19)24/h10,13-14,20-22H,2-3,5,7-9,11H2,1H3,(H,18,23,24)/t13-,14+,17+/m0/s1. The van der Waals surface area contributed by atoms with E-state index in [1.54, 1.807) is 0 Å². The van der Waals surface area contributed by atoms with Gasteiger partial charge in [0.2, 0.25) is 0 Å². The maximum absolute atomic E-state index is 12.4. The first-order chi connectivity index (χ1) is 12.0. The van der Waals surface area contributed by atoms with Crippen molar-refractivity contribution in [3.63, 3.8) is 0 Å². The van der Waals surface area contributed by atoms with Gasteiger partial charge in [0.15, 0.2) is 5.72 Å². The summed E-state index contributed by atoms with van der Waals surface area (Å²) >= 11 is 0. The number of ether oxygens (including phenoxy) is 1. The summed E-state index contributed by atoms with van der Waals surface area (Å²) in [5.41, 5.74) is -2.33. The fraction of sp³-hybridized carbons (Fsp3) is 0.647. The lowest BCUT2D eigenvalue weighted by Gasteiger charge is -2.31. The van der Waals surface area contributed by atoms with Crippen molar-refractivity contribution in [2.45, 2.75) is 57.0 Å². The minimum atomic E-state index is -1.14. The van der Waals surface area contributed by atoms with Gasteiger partial charge in [0.25, 0.3) is 5.56 Å². The first-order valence-electron chi connectivity index (χ1n) is 8.40. The summed E-state index contributed by atoms with van der Waals surface area (Å²) in [6.45, 7) is 1.50. The molecule has 4 N–H and O–H groups in total. The Morgan fingerprint density at radius 2 is 2.20 bits per heavy atom. The highest BCUT2D eigenvalue weighted by molar-refractivity contribution is 5.29. The molecule has 25 heavy (non-hydrogen) atoms. The first-order valence-corrected chi connectivity index (χ1v) is 8.40. The molecule has 8 nitrogen and oxygen atoms in total. The Bertz CT molecular complexity index is 759. The summed E-state index contributed by atoms with van der Waals surface area (Å²) in [5, 5.41) is 28.3. The third-order valence-corrected chi connectivity index (χ3v) is 4.27. The zero-order chi connectivity index (χ0) is 18.4. The highest BCUT2D eigenvalue weighted by atomic mass is 16.6. The van der Waals surface area contributed by atoms with Gasteiger partial charge in [-0.05, 0) is 12.8 Å². The molecule has 2 rings (SSSR count). The molecule has 1 aromatic rings. The van der Waals surface area contributed by atoms with Crippen LogP contribution in [0.3, 0.4) is 0 Å². The van der Waals surface area contributed by atoms with Crippen LogP contribution in [0, 0.1) is 11.8 Å². The molecule has 0 aliphatic carbocycles. The van der Waals surface area contributed by atoms with Crippen LogP contribution in [0.1, 0.15) is 44.6 Å². The van der Waals surface area contributed by atoms with Crippen molar-refractivity contribution >= 4 is 0 Å². The Morgan fingerprint density at radius 3 is 2.80 bits per heavy atom. The molecule has 0 spiro atoms. The van der Waals surface area contributed by atoms with E-state index in [-0.39, 0.29) is 31.6 Å². The Labute approximate surface area is 145 Å². The number of nitrogens with one attached hydrogen (secondary N) is 1. The normalized spacial score (nSPS) is 25.6. The predicted molar refractivity (Wildman–Crippen MR) is 90.0 cm³/mol. The summed E-state index contributed by atoms with van der Waals surface area (Å²) in [5.74, 6) is 5.28. The molecule has 3 atom stereocenters. The molecule has 1 aliphatic rings. The van der Waals surface area contributed by atoms with Crippen LogP contribution in [0.2, 0.25) is 0 Å². The first kappa shape index (κ1) is 19.4. The number of aliphatic hydroxyl groups excluding tert-OH is 3. The van der Waals surface area contributed by atoms with E-state index in [4.69, 9.17) is 9.84 Å². The van der Waals surface area contributed by atoms with Gasteiger partial charge in [-0.25, -0.2) is 4.79 Å². The highest BCUT2D eigenvalue weighted by Crippen LogP contribution is 2.38. The largest absolute Gasteiger partial charge is 0.395 e. The lowest BCUT2D eigenvalue weighted by Crippen LogP contribution is -2.45. The van der Waals surface area contributed by atoms with Gasteiger partial charge in [0.1, 0.15) is 11.7 Å². The van der Waals surface area contributed by atoms with Gasteiger partial charge in [-0.3, -0.25) is 14.3 Å². The number of nitrogens with zero attached hydrogens (tertiary/aromatic N) is 1. The van der Waals surface area contributed by atoms with Crippen LogP contribution in [0.25, 0.3) is 0 Å². The third kappa shape index (κ3) is 4.19. The van der Waals surface area contributed by atoms with Crippen molar-refractivity contribution in [3.8, 4) is 11.8 Å². The van der Waals surface area contributed by atoms with Gasteiger partial charge < -0.3 is 20.1 Å². The molecule has 0 saturated carbocycles. The van der Waals surface area contributed by atoms with Gasteiger partial charge >= 0.3 is 5.69 Å². The van der Waals surface area contributed by atoms with Gasteiger partial charge in [-0.1, -0.05) is 25.2 Å². The molecule has 1 fully saturated rings. The molecule has 0 amide bonds. The second-order valence-corrected chi connectivity index (χ2v) is 6.11. The van der Waals surface area contributed by atoms with Crippen LogP contribution in [-0.2, 0) is 10.5 Å². The summed E-state index contributed by atoms with van der Waals surface area (Å²) in [7, 11) is 0. The molecule has 1 aliphatic heterocycles. The maximum atomic E-state index is 12.4. The van der Waals surface area contributed by atoms with E-state index in [1.807, 2.05) is 6.92 Å². The number of aromatic amines is 1. The van der Waals surface area contributed by atoms with E-state index in [9.17, 15) is 19.8 Å². The fourth-order valence-corrected chi connectivity index (χ4v) is 2.99. The highest BCUT2D eigenvalue weighted by Gasteiger charge is 2.47. The topological polar surface area (TPSA) is 125 Å². The Kier molecular flexibility index (Phi) is 6.56. The van der Waals surface area contributed by atoms with Crippen molar-refractivity contribution in [1.29, 1.82) is 0 Å². The lowest BCUT2D eigenvalue weighted by atomic mass is 10.00. The van der Waals surface area contributed by atoms with Crippen molar-refractivity contribution in [3.05, 3.63) is 32.6 Å². The number of aromatic nitrogens is 2. The molecule has 0 bridgehead atoms. The molecular formula is C17H24N2O6. The Morgan fingerprint density at radius 1 is 1.44 bits per heavy atom. The number of H-pyrrole nitrogens is 1. The van der Waals surface area contributed by atoms with Gasteiger partial charge in [0, 0.05) is 19.0 Å². The lowest BCUT2D eigenvalue weighted by molar-refractivity contribution is -0.124. The van der Waals surface area contributed by atoms with E-state index in [0.29, 0.717) is 6.42 Å². The Balaban J connectivity index is 2.51. The summed E-state index contributed by atoms with van der Waals surface area (Å²) in [6, 6.07) is 0. The zero-order valence-electron chi connectivity index (χ0n) is 14.2.